The second-order valence-corrected chi connectivity index (χ2v) is 29.3. The van der Waals surface area contributed by atoms with Crippen LogP contribution in [0.5, 0.6) is 0 Å². The van der Waals surface area contributed by atoms with Crippen LogP contribution in [-0.4, -0.2) is 6.71 Å². The van der Waals surface area contributed by atoms with Gasteiger partial charge in [0.2, 0.25) is 0 Å². The van der Waals surface area contributed by atoms with Crippen LogP contribution in [0.4, 0.5) is 28.4 Å². The van der Waals surface area contributed by atoms with E-state index >= 15 is 0 Å². The number of hydrogen-bond donors (Lipinski definition) is 0. The van der Waals surface area contributed by atoms with Crippen molar-refractivity contribution in [3.8, 4) is 11.1 Å². The fourth-order valence-corrected chi connectivity index (χ4v) is 14.7. The molecule has 0 spiro atoms. The third-order valence-corrected chi connectivity index (χ3v) is 20.3. The first-order valence-electron chi connectivity index (χ1n) is 28.4. The highest BCUT2D eigenvalue weighted by Crippen LogP contribution is 2.56. The Hall–Kier alpha value is -5.48. The Bertz CT molecular complexity index is 3430. The van der Waals surface area contributed by atoms with Crippen LogP contribution in [0.2, 0.25) is 0 Å². The quantitative estimate of drug-likeness (QED) is 0.127. The molecular formula is C70H83BN2O. The highest BCUT2D eigenvalue weighted by Gasteiger charge is 2.51. The fourth-order valence-electron chi connectivity index (χ4n) is 14.7. The predicted octanol–water partition coefficient (Wildman–Crippen LogP) is 17.7. The number of fused-ring (bicyclic) bond motifs is 9. The van der Waals surface area contributed by atoms with Gasteiger partial charge >= 0.3 is 0 Å². The zero-order chi connectivity index (χ0) is 52.7. The molecule has 4 heteroatoms. The topological polar surface area (TPSA) is 19.6 Å². The zero-order valence-corrected chi connectivity index (χ0v) is 48.1. The van der Waals surface area contributed by atoms with Crippen molar-refractivity contribution in [3.05, 3.63) is 154 Å². The van der Waals surface area contributed by atoms with E-state index in [4.69, 9.17) is 11.0 Å². The highest BCUT2D eigenvalue weighted by atomic mass is 16.3. The van der Waals surface area contributed by atoms with E-state index in [0.29, 0.717) is 0 Å². The van der Waals surface area contributed by atoms with E-state index < -0.39 is 0 Å². The van der Waals surface area contributed by atoms with E-state index in [1.165, 1.54) is 95.6 Å². The number of anilines is 5. The zero-order valence-electron chi connectivity index (χ0n) is 48.1. The van der Waals surface area contributed by atoms with Crippen molar-refractivity contribution in [3.63, 3.8) is 0 Å². The Morgan fingerprint density at radius 1 is 0.514 bits per heavy atom. The molecule has 0 bridgehead atoms. The van der Waals surface area contributed by atoms with Crippen LogP contribution in [0.15, 0.2) is 125 Å². The summed E-state index contributed by atoms with van der Waals surface area (Å²) in [5.74, 6) is 0. The molecule has 74 heavy (non-hydrogen) atoms. The van der Waals surface area contributed by atoms with Gasteiger partial charge < -0.3 is 14.2 Å². The molecule has 6 aliphatic rings. The summed E-state index contributed by atoms with van der Waals surface area (Å²) in [6.07, 6.45) is 16.4. The third kappa shape index (κ3) is 7.40. The van der Waals surface area contributed by atoms with Crippen molar-refractivity contribution in [1.29, 1.82) is 0 Å². The Balaban J connectivity index is 1.25. The van der Waals surface area contributed by atoms with Gasteiger partial charge in [0.05, 0.1) is 11.3 Å². The minimum absolute atomic E-state index is 0.00636. The fraction of sp³-hybridized carbons (Fsp3) is 0.457. The van der Waals surface area contributed by atoms with Gasteiger partial charge in [-0.3, -0.25) is 0 Å². The Kier molecular flexibility index (Phi) is 10.5. The summed E-state index contributed by atoms with van der Waals surface area (Å²) in [5.41, 5.74) is 24.6. The molecule has 0 fully saturated rings. The van der Waals surface area contributed by atoms with Crippen LogP contribution in [-0.2, 0) is 32.5 Å². The van der Waals surface area contributed by atoms with Gasteiger partial charge in [-0.2, -0.15) is 0 Å². The number of rotatable bonds is 5. The van der Waals surface area contributed by atoms with Crippen molar-refractivity contribution < 1.29 is 4.42 Å². The molecule has 5 aromatic carbocycles. The number of benzene rings is 5. The maximum Gasteiger partial charge on any atom is 0.297 e. The molecule has 1 aromatic heterocycles. The number of hydrogen-bond acceptors (Lipinski definition) is 3. The monoisotopic (exact) mass is 979 g/mol. The van der Waals surface area contributed by atoms with Gasteiger partial charge in [-0.15, -0.1) is 0 Å². The first kappa shape index (κ1) is 49.4. The third-order valence-electron chi connectivity index (χ3n) is 20.3. The van der Waals surface area contributed by atoms with E-state index in [2.05, 4.69) is 224 Å². The molecule has 0 radical (unpaired) electrons. The lowest BCUT2D eigenvalue weighted by Gasteiger charge is -2.47. The Labute approximate surface area is 445 Å². The van der Waals surface area contributed by atoms with Crippen LogP contribution in [0.1, 0.15) is 196 Å². The normalized spacial score (nSPS) is 22.6. The molecular weight excluding hydrogens is 896 g/mol. The summed E-state index contributed by atoms with van der Waals surface area (Å²) < 4.78 is 7.79. The number of allylic oxidation sites excluding steroid dienone is 4. The van der Waals surface area contributed by atoms with Gasteiger partial charge in [-0.05, 0) is 210 Å². The van der Waals surface area contributed by atoms with Gasteiger partial charge in [0, 0.05) is 33.8 Å². The van der Waals surface area contributed by atoms with E-state index in [0.717, 1.165) is 67.6 Å². The van der Waals surface area contributed by atoms with Crippen molar-refractivity contribution in [2.24, 2.45) is 10.8 Å². The molecule has 0 saturated carbocycles. The van der Waals surface area contributed by atoms with Crippen LogP contribution >= 0.6 is 0 Å². The molecule has 0 amide bonds. The standard InChI is InChI=1S/C70H83BN2O/c1-18-46(36-45-42-63(2,3)26-27-64(45,4)5)73-58-35-44(43-22-20-19-21-23-43)34-57-60(58)71(62-61(73)48-38-51-54(41-59(48)74-62)70(16,17)33-30-67(51,10)11)55-39-52-53(69(14,15)32-31-68(52,12)13)40-56(55)72(57)47-24-25-49-50(37-47)66(8,9)29-28-65(49,6)7/h18-25,34-42H,1,26-33H2,2-17H3/b46-36+. The van der Waals surface area contributed by atoms with Crippen molar-refractivity contribution in [2.45, 2.75) is 195 Å². The van der Waals surface area contributed by atoms with E-state index in [-0.39, 0.29) is 50.0 Å². The molecule has 0 saturated heterocycles. The van der Waals surface area contributed by atoms with Crippen LogP contribution in [0.3, 0.4) is 0 Å². The highest BCUT2D eigenvalue weighted by molar-refractivity contribution is 7.00. The predicted molar refractivity (Wildman–Crippen MR) is 319 cm³/mol. The summed E-state index contributed by atoms with van der Waals surface area (Å²) in [6, 6.07) is 34.0. The van der Waals surface area contributed by atoms with Crippen molar-refractivity contribution in [1.82, 2.24) is 0 Å². The molecule has 2 aliphatic heterocycles. The summed E-state index contributed by atoms with van der Waals surface area (Å²) in [4.78, 5) is 5.30. The van der Waals surface area contributed by atoms with Crippen molar-refractivity contribution in [2.75, 3.05) is 9.80 Å². The molecule has 4 aliphatic carbocycles. The average molecular weight is 979 g/mol. The first-order valence-corrected chi connectivity index (χ1v) is 28.4. The molecule has 382 valence electrons. The molecule has 0 N–H and O–H groups in total. The number of nitrogens with zero attached hydrogens (tertiary/aromatic N) is 2. The molecule has 12 rings (SSSR count). The second-order valence-electron chi connectivity index (χ2n) is 29.3. The van der Waals surface area contributed by atoms with Gasteiger partial charge in [0.25, 0.3) is 6.71 Å². The molecule has 3 heterocycles. The molecule has 0 atom stereocenters. The minimum Gasteiger partial charge on any atom is -0.468 e. The maximum atomic E-state index is 7.79. The summed E-state index contributed by atoms with van der Waals surface area (Å²) in [5, 5.41) is 1.19. The van der Waals surface area contributed by atoms with E-state index in [9.17, 15) is 0 Å². The Morgan fingerprint density at radius 3 is 1.65 bits per heavy atom. The Morgan fingerprint density at radius 2 is 1.04 bits per heavy atom. The molecule has 3 nitrogen and oxygen atoms in total. The van der Waals surface area contributed by atoms with Crippen molar-refractivity contribution >= 4 is 62.7 Å². The molecule has 0 unspecified atom stereocenters. The average Bonchev–Trinajstić information content (AvgIpc) is 3.72. The maximum absolute atomic E-state index is 7.79. The number of furan rings is 1. The summed E-state index contributed by atoms with van der Waals surface area (Å²) in [7, 11) is 0. The van der Waals surface area contributed by atoms with Gasteiger partial charge in [-0.25, -0.2) is 0 Å². The van der Waals surface area contributed by atoms with E-state index in [1.807, 2.05) is 0 Å². The minimum atomic E-state index is -0.165. The van der Waals surface area contributed by atoms with Crippen LogP contribution < -0.4 is 26.4 Å². The SMILES string of the molecule is C=C/C(=C\C1=CC(C)(C)CCC1(C)C)N1c2cc(-c3ccccc3)cc3c2B(c2cc4c(cc2N3c2ccc3c(c2)C(C)(C)CCC3(C)C)C(C)(C)CCC4(C)C)c2oc3cc4c(cc3c21)C(C)(C)CCC4(C)C. The lowest BCUT2D eigenvalue weighted by molar-refractivity contribution is 0.286. The lowest BCUT2D eigenvalue weighted by atomic mass is 9.35. The van der Waals surface area contributed by atoms with Gasteiger partial charge in [0.15, 0.2) is 0 Å². The largest absolute Gasteiger partial charge is 0.468 e. The second kappa shape index (κ2) is 15.8. The van der Waals surface area contributed by atoms with Gasteiger partial charge in [-0.1, -0.05) is 166 Å². The van der Waals surface area contributed by atoms with Crippen LogP contribution in [0, 0.1) is 10.8 Å². The summed E-state index contributed by atoms with van der Waals surface area (Å²) >= 11 is 0. The van der Waals surface area contributed by atoms with Crippen LogP contribution in [0.25, 0.3) is 22.1 Å². The molecule has 6 aromatic rings. The lowest BCUT2D eigenvalue weighted by Crippen LogP contribution is -2.61. The summed E-state index contributed by atoms with van der Waals surface area (Å²) in [6.45, 7) is 43.8. The first-order chi connectivity index (χ1) is 34.5. The van der Waals surface area contributed by atoms with E-state index in [1.54, 1.807) is 0 Å². The smallest absolute Gasteiger partial charge is 0.297 e. The van der Waals surface area contributed by atoms with Gasteiger partial charge in [0.1, 0.15) is 5.58 Å².